The van der Waals surface area contributed by atoms with Crippen LogP contribution in [0.3, 0.4) is 0 Å². The lowest BCUT2D eigenvalue weighted by molar-refractivity contribution is -0.114. The molecule has 148 valence electrons. The number of hydrogen-bond donors (Lipinski definition) is 2. The number of benzene rings is 2. The van der Waals surface area contributed by atoms with E-state index in [0.717, 1.165) is 6.42 Å². The van der Waals surface area contributed by atoms with E-state index in [-0.39, 0.29) is 22.2 Å². The van der Waals surface area contributed by atoms with Gasteiger partial charge in [0.25, 0.3) is 5.91 Å². The van der Waals surface area contributed by atoms with Gasteiger partial charge in [0, 0.05) is 24.8 Å². The summed E-state index contributed by atoms with van der Waals surface area (Å²) >= 11 is 6.18. The number of anilines is 3. The Bertz CT molecular complexity index is 1020. The van der Waals surface area contributed by atoms with Gasteiger partial charge in [0.1, 0.15) is 0 Å². The third-order valence-corrected chi connectivity index (χ3v) is 6.47. The SMILES string of the molecule is CC(=O)Nc1cccc(NC(=O)c2cc(N3CCCCS3(=O)=O)ccc2Cl)c1. The number of sulfonamides is 1. The molecule has 28 heavy (non-hydrogen) atoms. The van der Waals surface area contributed by atoms with Crippen molar-refractivity contribution in [2.75, 3.05) is 27.2 Å². The Labute approximate surface area is 168 Å². The number of amides is 2. The van der Waals surface area contributed by atoms with Crippen LogP contribution in [0.15, 0.2) is 42.5 Å². The second-order valence-electron chi connectivity index (χ2n) is 6.48. The Balaban J connectivity index is 1.85. The van der Waals surface area contributed by atoms with Gasteiger partial charge in [-0.1, -0.05) is 17.7 Å². The number of nitrogens with zero attached hydrogens (tertiary/aromatic N) is 1. The maximum absolute atomic E-state index is 12.7. The van der Waals surface area contributed by atoms with Gasteiger partial charge < -0.3 is 10.6 Å². The highest BCUT2D eigenvalue weighted by Crippen LogP contribution is 2.28. The van der Waals surface area contributed by atoms with E-state index < -0.39 is 15.9 Å². The van der Waals surface area contributed by atoms with E-state index in [1.165, 1.54) is 23.4 Å². The molecule has 2 aromatic rings. The van der Waals surface area contributed by atoms with Gasteiger partial charge in [0.2, 0.25) is 15.9 Å². The summed E-state index contributed by atoms with van der Waals surface area (Å²) in [4.78, 5) is 23.9. The van der Waals surface area contributed by atoms with Crippen LogP contribution >= 0.6 is 11.6 Å². The van der Waals surface area contributed by atoms with Gasteiger partial charge in [-0.15, -0.1) is 0 Å². The molecule has 0 atom stereocenters. The molecule has 1 saturated heterocycles. The number of carbonyl (C=O) groups is 2. The highest BCUT2D eigenvalue weighted by atomic mass is 35.5. The highest BCUT2D eigenvalue weighted by Gasteiger charge is 2.27. The van der Waals surface area contributed by atoms with Crippen molar-refractivity contribution in [3.8, 4) is 0 Å². The van der Waals surface area contributed by atoms with Gasteiger partial charge >= 0.3 is 0 Å². The highest BCUT2D eigenvalue weighted by molar-refractivity contribution is 7.92. The number of hydrogen-bond acceptors (Lipinski definition) is 4. The van der Waals surface area contributed by atoms with E-state index in [4.69, 9.17) is 11.6 Å². The van der Waals surface area contributed by atoms with Gasteiger partial charge in [-0.05, 0) is 49.2 Å². The van der Waals surface area contributed by atoms with Crippen LogP contribution in [-0.2, 0) is 14.8 Å². The predicted molar refractivity (Wildman–Crippen MR) is 111 cm³/mol. The smallest absolute Gasteiger partial charge is 0.257 e. The molecular weight excluding hydrogens is 402 g/mol. The van der Waals surface area contributed by atoms with Gasteiger partial charge in [-0.2, -0.15) is 0 Å². The number of carbonyl (C=O) groups excluding carboxylic acids is 2. The molecule has 1 heterocycles. The largest absolute Gasteiger partial charge is 0.326 e. The van der Waals surface area contributed by atoms with Gasteiger partial charge in [-0.3, -0.25) is 13.9 Å². The molecule has 0 bridgehead atoms. The zero-order valence-electron chi connectivity index (χ0n) is 15.2. The average molecular weight is 422 g/mol. The Hall–Kier alpha value is -2.58. The molecule has 1 aliphatic rings. The van der Waals surface area contributed by atoms with Crippen molar-refractivity contribution in [3.05, 3.63) is 53.1 Å². The minimum absolute atomic E-state index is 0.0904. The van der Waals surface area contributed by atoms with Crippen LogP contribution < -0.4 is 14.9 Å². The molecule has 2 aromatic carbocycles. The normalized spacial score (nSPS) is 15.7. The van der Waals surface area contributed by atoms with E-state index in [2.05, 4.69) is 10.6 Å². The minimum Gasteiger partial charge on any atom is -0.326 e. The Morgan fingerprint density at radius 1 is 1.04 bits per heavy atom. The number of halogens is 1. The lowest BCUT2D eigenvalue weighted by Crippen LogP contribution is -2.38. The van der Waals surface area contributed by atoms with Crippen LogP contribution in [0.25, 0.3) is 0 Å². The molecule has 3 rings (SSSR count). The summed E-state index contributed by atoms with van der Waals surface area (Å²) in [7, 11) is -3.39. The maximum atomic E-state index is 12.7. The topological polar surface area (TPSA) is 95.6 Å². The fourth-order valence-corrected chi connectivity index (χ4v) is 4.83. The molecule has 0 aromatic heterocycles. The molecule has 9 heteroatoms. The van der Waals surface area contributed by atoms with Crippen LogP contribution in [-0.4, -0.2) is 32.5 Å². The average Bonchev–Trinajstić information content (AvgIpc) is 2.62. The van der Waals surface area contributed by atoms with Crippen LogP contribution in [0.1, 0.15) is 30.1 Å². The van der Waals surface area contributed by atoms with E-state index in [0.29, 0.717) is 30.0 Å². The molecule has 2 amide bonds. The van der Waals surface area contributed by atoms with Crippen LogP contribution in [0.4, 0.5) is 17.1 Å². The van der Waals surface area contributed by atoms with Gasteiger partial charge in [0.05, 0.1) is 22.0 Å². The lowest BCUT2D eigenvalue weighted by atomic mass is 10.1. The third kappa shape index (κ3) is 4.63. The Morgan fingerprint density at radius 2 is 1.75 bits per heavy atom. The van der Waals surface area contributed by atoms with Crippen molar-refractivity contribution in [1.29, 1.82) is 0 Å². The summed E-state index contributed by atoms with van der Waals surface area (Å²) in [5.41, 5.74) is 1.61. The molecule has 1 fully saturated rings. The summed E-state index contributed by atoms with van der Waals surface area (Å²) in [6.07, 6.45) is 1.39. The quantitative estimate of drug-likeness (QED) is 0.789. The molecule has 0 aliphatic carbocycles. The molecular formula is C19H20ClN3O4S. The zero-order valence-corrected chi connectivity index (χ0v) is 16.8. The minimum atomic E-state index is -3.39. The molecule has 2 N–H and O–H groups in total. The molecule has 1 aliphatic heterocycles. The van der Waals surface area contributed by atoms with Gasteiger partial charge in [-0.25, -0.2) is 8.42 Å². The van der Waals surface area contributed by atoms with Crippen molar-refractivity contribution in [2.24, 2.45) is 0 Å². The molecule has 0 spiro atoms. The Kier molecular flexibility index (Phi) is 5.90. The second kappa shape index (κ2) is 8.20. The summed E-state index contributed by atoms with van der Waals surface area (Å²) in [6, 6.07) is 11.3. The maximum Gasteiger partial charge on any atom is 0.257 e. The fourth-order valence-electron chi connectivity index (χ4n) is 3.00. The second-order valence-corrected chi connectivity index (χ2v) is 8.90. The van der Waals surface area contributed by atoms with Crippen molar-refractivity contribution in [2.45, 2.75) is 19.8 Å². The number of rotatable bonds is 4. The van der Waals surface area contributed by atoms with Crippen molar-refractivity contribution in [3.63, 3.8) is 0 Å². The van der Waals surface area contributed by atoms with E-state index in [1.807, 2.05) is 0 Å². The van der Waals surface area contributed by atoms with Crippen molar-refractivity contribution >= 4 is 50.5 Å². The van der Waals surface area contributed by atoms with Crippen molar-refractivity contribution in [1.82, 2.24) is 0 Å². The molecule has 0 unspecified atom stereocenters. The third-order valence-electron chi connectivity index (χ3n) is 4.27. The predicted octanol–water partition coefficient (Wildman–Crippen LogP) is 3.48. The van der Waals surface area contributed by atoms with Gasteiger partial charge in [0.15, 0.2) is 0 Å². The standard InChI is InChI=1S/C19H20ClN3O4S/c1-13(24)21-14-5-4-6-15(11-14)22-19(25)17-12-16(7-8-18(17)20)23-9-2-3-10-28(23,26)27/h4-8,11-12H,2-3,9-10H2,1H3,(H,21,24)(H,22,25). The summed E-state index contributed by atoms with van der Waals surface area (Å²) < 4.78 is 26.0. The van der Waals surface area contributed by atoms with Crippen molar-refractivity contribution < 1.29 is 18.0 Å². The first kappa shape index (κ1) is 20.2. The summed E-state index contributed by atoms with van der Waals surface area (Å²) in [6.45, 7) is 1.77. The molecule has 0 saturated carbocycles. The molecule has 0 radical (unpaired) electrons. The number of nitrogens with one attached hydrogen (secondary N) is 2. The van der Waals surface area contributed by atoms with E-state index in [1.54, 1.807) is 30.3 Å². The van der Waals surface area contributed by atoms with Crippen LogP contribution in [0, 0.1) is 0 Å². The first-order valence-corrected chi connectivity index (χ1v) is 10.7. The first-order valence-electron chi connectivity index (χ1n) is 8.75. The monoisotopic (exact) mass is 421 g/mol. The van der Waals surface area contributed by atoms with E-state index in [9.17, 15) is 18.0 Å². The van der Waals surface area contributed by atoms with Crippen LogP contribution in [0.2, 0.25) is 5.02 Å². The fraction of sp³-hybridized carbons (Fsp3) is 0.263. The first-order chi connectivity index (χ1) is 13.3. The summed E-state index contributed by atoms with van der Waals surface area (Å²) in [5, 5.41) is 5.58. The Morgan fingerprint density at radius 3 is 2.43 bits per heavy atom. The zero-order chi connectivity index (χ0) is 20.3. The molecule has 7 nitrogen and oxygen atoms in total. The lowest BCUT2D eigenvalue weighted by Gasteiger charge is -2.28. The van der Waals surface area contributed by atoms with Crippen LogP contribution in [0.5, 0.6) is 0 Å². The summed E-state index contributed by atoms with van der Waals surface area (Å²) in [5.74, 6) is -0.601. The van der Waals surface area contributed by atoms with E-state index >= 15 is 0 Å².